The molecule has 3 rings (SSSR count). The number of nitrogens with zero attached hydrogens (tertiary/aromatic N) is 1. The van der Waals surface area contributed by atoms with Gasteiger partial charge in [0.25, 0.3) is 0 Å². The number of aliphatic hydroxyl groups excluding tert-OH is 1. The van der Waals surface area contributed by atoms with Gasteiger partial charge < -0.3 is 9.84 Å². The highest BCUT2D eigenvalue weighted by Crippen LogP contribution is 2.46. The Morgan fingerprint density at radius 2 is 2.14 bits per heavy atom. The molecule has 1 aromatic rings. The average Bonchev–Trinajstić information content (AvgIpc) is 3.19. The summed E-state index contributed by atoms with van der Waals surface area (Å²) in [6.07, 6.45) is 3.12. The Labute approximate surface area is 133 Å². The van der Waals surface area contributed by atoms with Gasteiger partial charge in [-0.15, -0.1) is 11.3 Å². The smallest absolute Gasteiger partial charge is 0.235 e. The van der Waals surface area contributed by atoms with E-state index in [4.69, 9.17) is 4.74 Å². The second-order valence-electron chi connectivity index (χ2n) is 6.22. The van der Waals surface area contributed by atoms with Gasteiger partial charge in [0.1, 0.15) is 0 Å². The number of amides is 2. The van der Waals surface area contributed by atoms with Crippen molar-refractivity contribution in [2.45, 2.75) is 44.8 Å². The van der Waals surface area contributed by atoms with Gasteiger partial charge in [-0.05, 0) is 24.3 Å². The van der Waals surface area contributed by atoms with E-state index in [1.54, 1.807) is 11.3 Å². The summed E-state index contributed by atoms with van der Waals surface area (Å²) in [4.78, 5) is 26.9. The molecule has 1 N–H and O–H groups in total. The van der Waals surface area contributed by atoms with Gasteiger partial charge in [-0.1, -0.05) is 18.9 Å². The van der Waals surface area contributed by atoms with E-state index in [1.165, 1.54) is 4.90 Å². The number of carbonyl (C=O) groups excluding carboxylic acids is 2. The highest BCUT2D eigenvalue weighted by molar-refractivity contribution is 7.09. The third kappa shape index (κ3) is 3.09. The van der Waals surface area contributed by atoms with Crippen LogP contribution in [0.25, 0.3) is 0 Å². The van der Waals surface area contributed by atoms with Crippen molar-refractivity contribution in [3.63, 3.8) is 0 Å². The maximum atomic E-state index is 12.5. The van der Waals surface area contributed by atoms with E-state index in [-0.39, 0.29) is 25.0 Å². The first-order valence-corrected chi connectivity index (χ1v) is 8.62. The number of aliphatic hydroxyl groups is 1. The number of thiophene rings is 1. The normalized spacial score (nSPS) is 22.0. The largest absolute Gasteiger partial charge is 0.389 e. The Bertz CT molecular complexity index is 536. The summed E-state index contributed by atoms with van der Waals surface area (Å²) in [5.74, 6) is -0.239. The van der Waals surface area contributed by atoms with E-state index in [2.05, 4.69) is 0 Å². The zero-order valence-electron chi connectivity index (χ0n) is 12.5. The molecule has 2 amide bonds. The van der Waals surface area contributed by atoms with Crippen LogP contribution in [0, 0.1) is 5.41 Å². The van der Waals surface area contributed by atoms with E-state index in [0.29, 0.717) is 13.0 Å². The van der Waals surface area contributed by atoms with Gasteiger partial charge in [-0.3, -0.25) is 14.5 Å². The molecule has 1 atom stereocenters. The van der Waals surface area contributed by atoms with Gasteiger partial charge in [0.05, 0.1) is 31.3 Å². The molecule has 1 saturated heterocycles. The van der Waals surface area contributed by atoms with Crippen LogP contribution in [-0.2, 0) is 20.9 Å². The molecule has 1 saturated carbocycles. The topological polar surface area (TPSA) is 66.8 Å². The number of ether oxygens (including phenoxy) is 1. The second kappa shape index (κ2) is 6.48. The minimum Gasteiger partial charge on any atom is -0.389 e. The fourth-order valence-electron chi connectivity index (χ4n) is 3.44. The molecule has 0 bridgehead atoms. The highest BCUT2D eigenvalue weighted by Gasteiger charge is 2.52. The lowest BCUT2D eigenvalue weighted by atomic mass is 9.84. The van der Waals surface area contributed by atoms with Crippen LogP contribution in [0.15, 0.2) is 17.5 Å². The predicted octanol–water partition coefficient (Wildman–Crippen LogP) is 1.94. The number of hydrogen-bond donors (Lipinski definition) is 1. The summed E-state index contributed by atoms with van der Waals surface area (Å²) in [5, 5.41) is 12.0. The Morgan fingerprint density at radius 3 is 2.82 bits per heavy atom. The van der Waals surface area contributed by atoms with Crippen LogP contribution < -0.4 is 0 Å². The molecule has 0 aromatic carbocycles. The van der Waals surface area contributed by atoms with Crippen LogP contribution in [0.4, 0.5) is 0 Å². The highest BCUT2D eigenvalue weighted by atomic mass is 32.1. The minimum absolute atomic E-state index is 0.0455. The Kier molecular flexibility index (Phi) is 4.61. The van der Waals surface area contributed by atoms with Gasteiger partial charge in [0.2, 0.25) is 11.8 Å². The standard InChI is InChI=1S/C16H21NO4S/c18-12(10-21-11-13-4-3-7-22-13)9-17-14(19)8-16(15(17)20)5-1-2-6-16/h3-4,7,12,18H,1-2,5-6,8-11H2/t12-/m0/s1. The van der Waals surface area contributed by atoms with Crippen molar-refractivity contribution in [2.24, 2.45) is 5.41 Å². The Balaban J connectivity index is 1.49. The Morgan fingerprint density at radius 1 is 1.36 bits per heavy atom. The molecule has 1 aromatic heterocycles. The number of likely N-dealkylation sites (tertiary alicyclic amines) is 1. The maximum Gasteiger partial charge on any atom is 0.235 e. The first-order valence-electron chi connectivity index (χ1n) is 7.74. The van der Waals surface area contributed by atoms with E-state index < -0.39 is 11.5 Å². The summed E-state index contributed by atoms with van der Waals surface area (Å²) in [5.41, 5.74) is -0.464. The summed E-state index contributed by atoms with van der Waals surface area (Å²) >= 11 is 1.60. The molecular weight excluding hydrogens is 302 g/mol. The van der Waals surface area contributed by atoms with Crippen LogP contribution in [-0.4, -0.2) is 41.1 Å². The van der Waals surface area contributed by atoms with Gasteiger partial charge in [-0.25, -0.2) is 0 Å². The summed E-state index contributed by atoms with van der Waals surface area (Å²) in [6.45, 7) is 0.617. The van der Waals surface area contributed by atoms with Gasteiger partial charge in [-0.2, -0.15) is 0 Å². The lowest BCUT2D eigenvalue weighted by Gasteiger charge is -2.22. The number of hydrogen-bond acceptors (Lipinski definition) is 5. The van der Waals surface area contributed by atoms with Crippen molar-refractivity contribution < 1.29 is 19.4 Å². The molecule has 1 aliphatic heterocycles. The molecule has 5 nitrogen and oxygen atoms in total. The lowest BCUT2D eigenvalue weighted by Crippen LogP contribution is -2.40. The van der Waals surface area contributed by atoms with Crippen LogP contribution in [0.5, 0.6) is 0 Å². The molecule has 0 radical (unpaired) electrons. The third-order valence-corrected chi connectivity index (χ3v) is 5.43. The number of β-amino-alcohol motifs (C(OH)–C–C–N with tert-alkyl or cyclic N) is 1. The number of imide groups is 1. The predicted molar refractivity (Wildman–Crippen MR) is 82.2 cm³/mol. The van der Waals surface area contributed by atoms with Crippen LogP contribution in [0.2, 0.25) is 0 Å². The molecule has 0 unspecified atom stereocenters. The van der Waals surface area contributed by atoms with Crippen LogP contribution in [0.3, 0.4) is 0 Å². The SMILES string of the molecule is O=C1CC2(CCCC2)C(=O)N1C[C@H](O)COCc1cccs1. The minimum atomic E-state index is -0.829. The molecule has 120 valence electrons. The molecule has 1 spiro atoms. The molecule has 2 fully saturated rings. The van der Waals surface area contributed by atoms with Crippen molar-refractivity contribution in [1.29, 1.82) is 0 Å². The number of rotatable bonds is 6. The quantitative estimate of drug-likeness (QED) is 0.813. The van der Waals surface area contributed by atoms with Crippen molar-refractivity contribution in [3.05, 3.63) is 22.4 Å². The lowest BCUT2D eigenvalue weighted by molar-refractivity contribution is -0.143. The van der Waals surface area contributed by atoms with Crippen molar-refractivity contribution in [3.8, 4) is 0 Å². The zero-order valence-corrected chi connectivity index (χ0v) is 13.3. The van der Waals surface area contributed by atoms with E-state index in [1.807, 2.05) is 17.5 Å². The average molecular weight is 323 g/mol. The van der Waals surface area contributed by atoms with Crippen molar-refractivity contribution in [2.75, 3.05) is 13.2 Å². The van der Waals surface area contributed by atoms with Gasteiger partial charge in [0, 0.05) is 11.3 Å². The molecule has 22 heavy (non-hydrogen) atoms. The molecule has 2 heterocycles. The van der Waals surface area contributed by atoms with Crippen molar-refractivity contribution >= 4 is 23.2 Å². The zero-order chi connectivity index (χ0) is 15.6. The fourth-order valence-corrected chi connectivity index (χ4v) is 4.08. The van der Waals surface area contributed by atoms with Gasteiger partial charge in [0.15, 0.2) is 0 Å². The summed E-state index contributed by atoms with van der Waals surface area (Å²) < 4.78 is 5.45. The molecule has 2 aliphatic rings. The number of carbonyl (C=O) groups is 2. The first-order chi connectivity index (χ1) is 10.6. The van der Waals surface area contributed by atoms with E-state index in [9.17, 15) is 14.7 Å². The third-order valence-electron chi connectivity index (χ3n) is 4.58. The van der Waals surface area contributed by atoms with E-state index in [0.717, 1.165) is 30.6 Å². The Hall–Kier alpha value is -1.24. The molecule has 1 aliphatic carbocycles. The fraction of sp³-hybridized carbons (Fsp3) is 0.625. The van der Waals surface area contributed by atoms with Crippen LogP contribution in [0.1, 0.15) is 37.0 Å². The van der Waals surface area contributed by atoms with E-state index >= 15 is 0 Å². The van der Waals surface area contributed by atoms with Gasteiger partial charge >= 0.3 is 0 Å². The molecule has 6 heteroatoms. The second-order valence-corrected chi connectivity index (χ2v) is 7.25. The first kappa shape index (κ1) is 15.6. The summed E-state index contributed by atoms with van der Waals surface area (Å²) in [7, 11) is 0. The van der Waals surface area contributed by atoms with Crippen LogP contribution >= 0.6 is 11.3 Å². The molecular formula is C16H21NO4S. The van der Waals surface area contributed by atoms with Crippen molar-refractivity contribution in [1.82, 2.24) is 4.90 Å². The maximum absolute atomic E-state index is 12.5. The monoisotopic (exact) mass is 323 g/mol. The summed E-state index contributed by atoms with van der Waals surface area (Å²) in [6, 6.07) is 3.91.